The Balaban J connectivity index is 1.76. The highest BCUT2D eigenvalue weighted by Crippen LogP contribution is 2.55. The number of hydrogen-bond donors (Lipinski definition) is 2. The number of carbonyl (C=O) groups is 1. The first-order chi connectivity index (χ1) is 13.1. The molecule has 0 saturated heterocycles. The van der Waals surface area contributed by atoms with E-state index < -0.39 is 0 Å². The van der Waals surface area contributed by atoms with Crippen molar-refractivity contribution >= 4 is 30.1 Å². The largest absolute Gasteiger partial charge is 0.489 e. The summed E-state index contributed by atoms with van der Waals surface area (Å²) in [5.41, 5.74) is -0.0281. The van der Waals surface area contributed by atoms with E-state index >= 15 is 0 Å². The van der Waals surface area contributed by atoms with E-state index in [0.717, 1.165) is 0 Å². The number of nitrogens with one attached hydrogen (secondary N) is 1. The Morgan fingerprint density at radius 2 is 1.89 bits per heavy atom. The van der Waals surface area contributed by atoms with Crippen LogP contribution >= 0.6 is 24.2 Å². The van der Waals surface area contributed by atoms with Gasteiger partial charge in [-0.25, -0.2) is 0 Å². The van der Waals surface area contributed by atoms with E-state index in [1.807, 2.05) is 33.8 Å². The second kappa shape index (κ2) is 7.26. The molecular formula is C20H21ClN4O2S. The second-order valence-electron chi connectivity index (χ2n) is 8.08. The lowest BCUT2D eigenvalue weighted by atomic mass is 9.49. The Bertz CT molecular complexity index is 938. The number of rotatable bonds is 4. The van der Waals surface area contributed by atoms with Crippen molar-refractivity contribution in [1.29, 1.82) is 5.26 Å². The van der Waals surface area contributed by atoms with Crippen LogP contribution in [0.3, 0.4) is 0 Å². The third-order valence-electron chi connectivity index (χ3n) is 5.31. The van der Waals surface area contributed by atoms with Gasteiger partial charge in [-0.15, -0.1) is 22.8 Å². The zero-order valence-corrected chi connectivity index (χ0v) is 17.7. The highest BCUT2D eigenvalue weighted by Gasteiger charge is 2.64. The summed E-state index contributed by atoms with van der Waals surface area (Å²) < 4.78 is 6.21. The van der Waals surface area contributed by atoms with Gasteiger partial charge in [0.2, 0.25) is 0 Å². The molecule has 1 aliphatic rings. The molecule has 1 N–H and O–H groups in total. The number of carbonyl (C=O) groups excluding carboxylic acids is 1. The summed E-state index contributed by atoms with van der Waals surface area (Å²) in [6.07, 6.45) is -0.166. The third kappa shape index (κ3) is 3.54. The van der Waals surface area contributed by atoms with Crippen LogP contribution in [0.1, 0.15) is 43.7 Å². The number of nitrogens with zero attached hydrogens (tertiary/aromatic N) is 3. The van der Waals surface area contributed by atoms with Gasteiger partial charge in [-0.05, 0) is 24.3 Å². The fraction of sp³-hybridized carbons (Fsp3) is 0.400. The van der Waals surface area contributed by atoms with Crippen LogP contribution in [0.4, 0.5) is 0 Å². The summed E-state index contributed by atoms with van der Waals surface area (Å²) >= 11 is 10.2. The number of ether oxygens (including phenoxy) is 1. The zero-order valence-electron chi connectivity index (χ0n) is 16.0. The molecular weight excluding hydrogens is 396 g/mol. The molecule has 1 aromatic carbocycles. The smallest absolute Gasteiger partial charge is 0.272 e. The van der Waals surface area contributed by atoms with Gasteiger partial charge in [0.15, 0.2) is 5.69 Å². The van der Waals surface area contributed by atoms with Gasteiger partial charge in [-0.2, -0.15) is 5.26 Å². The quantitative estimate of drug-likeness (QED) is 0.738. The minimum atomic E-state index is -0.337. The van der Waals surface area contributed by atoms with Crippen LogP contribution in [-0.4, -0.2) is 28.3 Å². The predicted octanol–water partition coefficient (Wildman–Crippen LogP) is 3.90. The Morgan fingerprint density at radius 1 is 1.21 bits per heavy atom. The van der Waals surface area contributed by atoms with Gasteiger partial charge >= 0.3 is 0 Å². The molecule has 28 heavy (non-hydrogen) atoms. The third-order valence-corrected chi connectivity index (χ3v) is 5.86. The lowest BCUT2D eigenvalue weighted by Crippen LogP contribution is -2.74. The minimum Gasteiger partial charge on any atom is -0.489 e. The number of hydrogen-bond acceptors (Lipinski definition) is 6. The van der Waals surface area contributed by atoms with Crippen LogP contribution in [0.2, 0.25) is 5.02 Å². The Labute approximate surface area is 174 Å². The van der Waals surface area contributed by atoms with Crippen molar-refractivity contribution in [3.63, 3.8) is 0 Å². The average Bonchev–Trinajstić information content (AvgIpc) is 2.64. The average molecular weight is 417 g/mol. The van der Waals surface area contributed by atoms with E-state index in [4.69, 9.17) is 21.6 Å². The minimum absolute atomic E-state index is 0.135. The van der Waals surface area contributed by atoms with Crippen LogP contribution in [0.25, 0.3) is 0 Å². The molecule has 1 fully saturated rings. The Morgan fingerprint density at radius 3 is 2.43 bits per heavy atom. The topological polar surface area (TPSA) is 87.9 Å². The molecule has 0 aliphatic heterocycles. The summed E-state index contributed by atoms with van der Waals surface area (Å²) in [6, 6.07) is 10.1. The SMILES string of the molecule is CC1(C)C(NC(=O)c2ccc(S)nn2)C(C)(C)C1Oc1ccc(C#N)c(Cl)c1. The Kier molecular flexibility index (Phi) is 5.30. The van der Waals surface area contributed by atoms with E-state index in [1.54, 1.807) is 30.3 Å². The normalized spacial score (nSPS) is 21.9. The molecule has 6 nitrogen and oxygen atoms in total. The summed E-state index contributed by atoms with van der Waals surface area (Å²) in [5.74, 6) is 0.307. The highest BCUT2D eigenvalue weighted by molar-refractivity contribution is 7.80. The van der Waals surface area contributed by atoms with E-state index in [-0.39, 0.29) is 34.6 Å². The van der Waals surface area contributed by atoms with Crippen molar-refractivity contribution < 1.29 is 9.53 Å². The molecule has 2 aromatic rings. The number of aromatic nitrogens is 2. The lowest BCUT2D eigenvalue weighted by Gasteiger charge is -2.63. The Hall–Kier alpha value is -2.30. The van der Waals surface area contributed by atoms with Crippen molar-refractivity contribution in [1.82, 2.24) is 15.5 Å². The fourth-order valence-corrected chi connectivity index (χ4v) is 4.58. The maximum absolute atomic E-state index is 12.6. The van der Waals surface area contributed by atoms with Crippen LogP contribution in [-0.2, 0) is 0 Å². The monoisotopic (exact) mass is 416 g/mol. The molecule has 1 aliphatic carbocycles. The first kappa shape index (κ1) is 20.4. The number of nitriles is 1. The second-order valence-corrected chi connectivity index (χ2v) is 8.94. The zero-order chi connectivity index (χ0) is 20.7. The molecule has 0 unspecified atom stereocenters. The van der Waals surface area contributed by atoms with E-state index in [9.17, 15) is 4.79 Å². The number of benzene rings is 1. The van der Waals surface area contributed by atoms with Gasteiger partial charge < -0.3 is 10.1 Å². The first-order valence-corrected chi connectivity index (χ1v) is 9.59. The number of amides is 1. The van der Waals surface area contributed by atoms with Gasteiger partial charge in [0.05, 0.1) is 10.6 Å². The lowest BCUT2D eigenvalue weighted by molar-refractivity contribution is -0.164. The van der Waals surface area contributed by atoms with Crippen molar-refractivity contribution in [3.05, 3.63) is 46.6 Å². The first-order valence-electron chi connectivity index (χ1n) is 8.77. The molecule has 1 amide bonds. The molecule has 3 rings (SSSR count). The van der Waals surface area contributed by atoms with Gasteiger partial charge in [0.1, 0.15) is 22.9 Å². The van der Waals surface area contributed by atoms with Gasteiger partial charge in [0, 0.05) is 22.9 Å². The molecule has 1 heterocycles. The van der Waals surface area contributed by atoms with E-state index in [1.165, 1.54) is 0 Å². The summed E-state index contributed by atoms with van der Waals surface area (Å²) in [4.78, 5) is 12.6. The van der Waals surface area contributed by atoms with Crippen molar-refractivity contribution in [2.24, 2.45) is 10.8 Å². The van der Waals surface area contributed by atoms with Crippen molar-refractivity contribution in [3.8, 4) is 11.8 Å². The number of halogens is 1. The van der Waals surface area contributed by atoms with Gasteiger partial charge in [0.25, 0.3) is 5.91 Å². The predicted molar refractivity (Wildman–Crippen MR) is 109 cm³/mol. The molecule has 0 spiro atoms. The standard InChI is InChI=1S/C20H21ClN4O2S/c1-19(2)17(23-16(26)14-7-8-15(28)25-24-14)20(3,4)18(19)27-12-6-5-11(10-22)13(21)9-12/h5-9,17-18H,1-4H3,(H,23,26)(H,25,28). The van der Waals surface area contributed by atoms with Crippen molar-refractivity contribution in [2.45, 2.75) is 44.9 Å². The van der Waals surface area contributed by atoms with Gasteiger partial charge in [-0.3, -0.25) is 4.79 Å². The molecule has 0 bridgehead atoms. The summed E-state index contributed by atoms with van der Waals surface area (Å²) in [6.45, 7) is 8.17. The molecule has 1 saturated carbocycles. The van der Waals surface area contributed by atoms with E-state index in [2.05, 4.69) is 28.1 Å². The molecule has 146 valence electrons. The molecule has 8 heteroatoms. The van der Waals surface area contributed by atoms with E-state index in [0.29, 0.717) is 21.4 Å². The molecule has 1 aromatic heterocycles. The number of thiol groups is 1. The van der Waals surface area contributed by atoms with Gasteiger partial charge in [-0.1, -0.05) is 39.3 Å². The van der Waals surface area contributed by atoms with Crippen LogP contribution in [0.15, 0.2) is 35.4 Å². The van der Waals surface area contributed by atoms with Crippen LogP contribution in [0, 0.1) is 22.2 Å². The molecule has 0 radical (unpaired) electrons. The fourth-order valence-electron chi connectivity index (χ4n) is 4.25. The highest BCUT2D eigenvalue weighted by atomic mass is 35.5. The maximum Gasteiger partial charge on any atom is 0.272 e. The maximum atomic E-state index is 12.6. The van der Waals surface area contributed by atoms with Crippen molar-refractivity contribution in [2.75, 3.05) is 0 Å². The van der Waals surface area contributed by atoms with Crippen LogP contribution in [0.5, 0.6) is 5.75 Å². The van der Waals surface area contributed by atoms with Crippen LogP contribution < -0.4 is 10.1 Å². The summed E-state index contributed by atoms with van der Waals surface area (Å²) in [7, 11) is 0. The summed E-state index contributed by atoms with van der Waals surface area (Å²) in [5, 5.41) is 20.6. The molecule has 0 atom stereocenters.